The van der Waals surface area contributed by atoms with Gasteiger partial charge in [-0.1, -0.05) is 12.1 Å². The van der Waals surface area contributed by atoms with E-state index in [2.05, 4.69) is 10.2 Å². The van der Waals surface area contributed by atoms with Gasteiger partial charge >= 0.3 is 0 Å². The number of hydrogen-bond donors (Lipinski definition) is 2. The minimum absolute atomic E-state index is 0.0486. The number of anilines is 2. The Bertz CT molecular complexity index is 807. The third kappa shape index (κ3) is 4.92. The van der Waals surface area contributed by atoms with E-state index in [-0.39, 0.29) is 11.7 Å². The van der Waals surface area contributed by atoms with Gasteiger partial charge in [-0.25, -0.2) is 4.39 Å². The summed E-state index contributed by atoms with van der Waals surface area (Å²) in [5.74, 6) is 1.01. The van der Waals surface area contributed by atoms with E-state index in [1.165, 1.54) is 11.0 Å². The number of methoxy groups -OCH3 is 2. The van der Waals surface area contributed by atoms with Crippen LogP contribution in [0.4, 0.5) is 15.8 Å². The molecule has 2 aromatic rings. The lowest BCUT2D eigenvalue weighted by Crippen LogP contribution is -3.15. The number of rotatable bonds is 7. The van der Waals surface area contributed by atoms with Crippen LogP contribution in [0.5, 0.6) is 11.5 Å². The molecule has 3 rings (SSSR count). The van der Waals surface area contributed by atoms with E-state index in [1.807, 2.05) is 12.1 Å². The molecule has 1 amide bonds. The summed E-state index contributed by atoms with van der Waals surface area (Å²) in [6, 6.07) is 12.2. The molecular weight excluding hydrogens is 361 g/mol. The fraction of sp³-hybridized carbons (Fsp3) is 0.381. The zero-order valence-electron chi connectivity index (χ0n) is 16.3. The van der Waals surface area contributed by atoms with Crippen molar-refractivity contribution in [1.82, 2.24) is 0 Å². The number of para-hydroxylation sites is 1. The Hall–Kier alpha value is -2.80. The van der Waals surface area contributed by atoms with E-state index in [0.29, 0.717) is 29.3 Å². The van der Waals surface area contributed by atoms with Crippen LogP contribution in [0.1, 0.15) is 6.42 Å². The molecule has 0 bridgehead atoms. The van der Waals surface area contributed by atoms with Crippen LogP contribution >= 0.6 is 0 Å². The van der Waals surface area contributed by atoms with Gasteiger partial charge in [0.05, 0.1) is 64.7 Å². The highest BCUT2D eigenvalue weighted by Gasteiger charge is 2.22. The van der Waals surface area contributed by atoms with E-state index in [0.717, 1.165) is 32.7 Å². The molecule has 1 aliphatic heterocycles. The molecule has 0 atom stereocenters. The lowest BCUT2D eigenvalue weighted by Gasteiger charge is -2.33. The standard InChI is InChI=1S/C21H26FN3O3/c1-27-16-7-8-18(20(15-16)28-2)23-21(26)9-10-24-11-13-25(14-12-24)19-6-4-3-5-17(19)22/h3-8,15H,9-14H2,1-2H3,(H,23,26)/p+1. The molecule has 1 heterocycles. The number of hydrogen-bond acceptors (Lipinski definition) is 4. The number of piperazine rings is 1. The zero-order chi connectivity index (χ0) is 19.9. The predicted molar refractivity (Wildman–Crippen MR) is 107 cm³/mol. The van der Waals surface area contributed by atoms with Crippen molar-refractivity contribution in [1.29, 1.82) is 0 Å². The Morgan fingerprint density at radius 1 is 1.14 bits per heavy atom. The highest BCUT2D eigenvalue weighted by atomic mass is 19.1. The quantitative estimate of drug-likeness (QED) is 0.756. The molecule has 1 aliphatic rings. The van der Waals surface area contributed by atoms with E-state index in [9.17, 15) is 9.18 Å². The zero-order valence-corrected chi connectivity index (χ0v) is 16.3. The SMILES string of the molecule is COc1ccc(NC(=O)CC[NH+]2CCN(c3ccccc3F)CC2)c(OC)c1. The van der Waals surface area contributed by atoms with E-state index in [4.69, 9.17) is 9.47 Å². The Kier molecular flexibility index (Phi) is 6.71. The molecule has 150 valence electrons. The third-order valence-corrected chi connectivity index (χ3v) is 5.05. The lowest BCUT2D eigenvalue weighted by molar-refractivity contribution is -0.900. The van der Waals surface area contributed by atoms with Crippen molar-refractivity contribution in [3.8, 4) is 11.5 Å². The average molecular weight is 388 g/mol. The van der Waals surface area contributed by atoms with E-state index >= 15 is 0 Å². The van der Waals surface area contributed by atoms with E-state index < -0.39 is 0 Å². The van der Waals surface area contributed by atoms with Crippen LogP contribution in [0.2, 0.25) is 0 Å². The van der Waals surface area contributed by atoms with Gasteiger partial charge in [-0.2, -0.15) is 0 Å². The van der Waals surface area contributed by atoms with Gasteiger partial charge in [0, 0.05) is 6.07 Å². The number of quaternary nitrogens is 1. The lowest BCUT2D eigenvalue weighted by atomic mass is 10.2. The summed E-state index contributed by atoms with van der Waals surface area (Å²) in [5, 5.41) is 2.90. The number of nitrogens with one attached hydrogen (secondary N) is 2. The molecule has 6 nitrogen and oxygen atoms in total. The first kappa shape index (κ1) is 19.9. The summed E-state index contributed by atoms with van der Waals surface area (Å²) < 4.78 is 24.4. The van der Waals surface area contributed by atoms with Gasteiger partial charge < -0.3 is 24.6 Å². The molecule has 0 radical (unpaired) electrons. The molecule has 28 heavy (non-hydrogen) atoms. The molecule has 1 fully saturated rings. The third-order valence-electron chi connectivity index (χ3n) is 5.05. The van der Waals surface area contributed by atoms with Gasteiger partial charge in [0.15, 0.2) is 0 Å². The van der Waals surface area contributed by atoms with Crippen LogP contribution in [0.15, 0.2) is 42.5 Å². The van der Waals surface area contributed by atoms with Gasteiger partial charge in [-0.05, 0) is 24.3 Å². The van der Waals surface area contributed by atoms with Crippen molar-refractivity contribution in [2.75, 3.05) is 57.2 Å². The second-order valence-electron chi connectivity index (χ2n) is 6.80. The largest absolute Gasteiger partial charge is 0.497 e. The summed E-state index contributed by atoms with van der Waals surface area (Å²) >= 11 is 0. The maximum atomic E-state index is 13.9. The first-order valence-corrected chi connectivity index (χ1v) is 9.45. The molecule has 0 saturated carbocycles. The Balaban J connectivity index is 1.47. The minimum Gasteiger partial charge on any atom is -0.497 e. The average Bonchev–Trinajstić information content (AvgIpc) is 2.73. The molecule has 7 heteroatoms. The van der Waals surface area contributed by atoms with Crippen LogP contribution in [-0.2, 0) is 4.79 Å². The molecule has 2 N–H and O–H groups in total. The second kappa shape index (κ2) is 9.41. The van der Waals surface area contributed by atoms with E-state index in [1.54, 1.807) is 38.5 Å². The van der Waals surface area contributed by atoms with Crippen LogP contribution in [0.3, 0.4) is 0 Å². The molecule has 2 aromatic carbocycles. The second-order valence-corrected chi connectivity index (χ2v) is 6.80. The van der Waals surface area contributed by atoms with Crippen molar-refractivity contribution in [2.24, 2.45) is 0 Å². The van der Waals surface area contributed by atoms with Crippen molar-refractivity contribution >= 4 is 17.3 Å². The van der Waals surface area contributed by atoms with Crippen LogP contribution in [0, 0.1) is 5.82 Å². The Labute approximate surface area is 164 Å². The summed E-state index contributed by atoms with van der Waals surface area (Å²) in [7, 11) is 3.14. The fourth-order valence-corrected chi connectivity index (χ4v) is 3.43. The predicted octanol–water partition coefficient (Wildman–Crippen LogP) is 1.58. The Morgan fingerprint density at radius 2 is 1.89 bits per heavy atom. The number of benzene rings is 2. The smallest absolute Gasteiger partial charge is 0.230 e. The van der Waals surface area contributed by atoms with Crippen molar-refractivity contribution in [3.05, 3.63) is 48.3 Å². The minimum atomic E-state index is -0.182. The highest BCUT2D eigenvalue weighted by Crippen LogP contribution is 2.29. The molecule has 1 saturated heterocycles. The first-order chi connectivity index (χ1) is 13.6. The first-order valence-electron chi connectivity index (χ1n) is 9.45. The molecule has 0 aliphatic carbocycles. The molecule has 0 unspecified atom stereocenters. The number of nitrogens with zero attached hydrogens (tertiary/aromatic N) is 1. The van der Waals surface area contributed by atoms with Gasteiger partial charge in [0.2, 0.25) is 5.91 Å². The van der Waals surface area contributed by atoms with Crippen LogP contribution < -0.4 is 24.6 Å². The highest BCUT2D eigenvalue weighted by molar-refractivity contribution is 5.92. The number of carbonyl (C=O) groups excluding carboxylic acids is 1. The van der Waals surface area contributed by atoms with Gasteiger partial charge in [0.1, 0.15) is 17.3 Å². The number of ether oxygens (including phenoxy) is 2. The normalized spacial score (nSPS) is 14.6. The maximum absolute atomic E-state index is 13.9. The summed E-state index contributed by atoms with van der Waals surface area (Å²) in [5.41, 5.74) is 1.29. The van der Waals surface area contributed by atoms with Crippen molar-refractivity contribution in [2.45, 2.75) is 6.42 Å². The maximum Gasteiger partial charge on any atom is 0.230 e. The van der Waals surface area contributed by atoms with Crippen molar-refractivity contribution < 1.29 is 23.6 Å². The molecule has 0 aromatic heterocycles. The van der Waals surface area contributed by atoms with Crippen LogP contribution in [0.25, 0.3) is 0 Å². The van der Waals surface area contributed by atoms with Gasteiger partial charge in [-0.3, -0.25) is 4.79 Å². The number of amides is 1. The monoisotopic (exact) mass is 388 g/mol. The van der Waals surface area contributed by atoms with Crippen LogP contribution in [-0.4, -0.2) is 52.9 Å². The number of carbonyl (C=O) groups is 1. The molecule has 0 spiro atoms. The fourth-order valence-electron chi connectivity index (χ4n) is 3.43. The van der Waals surface area contributed by atoms with Gasteiger partial charge in [-0.15, -0.1) is 0 Å². The Morgan fingerprint density at radius 3 is 2.57 bits per heavy atom. The van der Waals surface area contributed by atoms with Gasteiger partial charge in [0.25, 0.3) is 0 Å². The summed E-state index contributed by atoms with van der Waals surface area (Å²) in [6.45, 7) is 4.07. The summed E-state index contributed by atoms with van der Waals surface area (Å²) in [6.07, 6.45) is 0.421. The van der Waals surface area contributed by atoms with Crippen molar-refractivity contribution in [3.63, 3.8) is 0 Å². The topological polar surface area (TPSA) is 55.2 Å². The molecular formula is C21H27FN3O3+. The summed E-state index contributed by atoms with van der Waals surface area (Å²) in [4.78, 5) is 15.8. The number of halogens is 1.